The lowest BCUT2D eigenvalue weighted by atomic mass is 9.99. The van der Waals surface area contributed by atoms with Crippen LogP contribution < -0.4 is 5.30 Å². The average molecular weight is 464 g/mol. The molecule has 2 aliphatic rings. The second-order valence-corrected chi connectivity index (χ2v) is 12.0. The quantitative estimate of drug-likeness (QED) is 0.447. The van der Waals surface area contributed by atoms with E-state index in [9.17, 15) is 0 Å². The van der Waals surface area contributed by atoms with Crippen molar-refractivity contribution in [3.63, 3.8) is 0 Å². The van der Waals surface area contributed by atoms with Crippen LogP contribution in [0, 0.1) is 5.92 Å². The van der Waals surface area contributed by atoms with Crippen LogP contribution in [0.1, 0.15) is 19.4 Å². The van der Waals surface area contributed by atoms with E-state index in [-0.39, 0.29) is 10.7 Å². The molecule has 158 valence electrons. The van der Waals surface area contributed by atoms with Crippen LogP contribution in [0.3, 0.4) is 0 Å². The van der Waals surface area contributed by atoms with Gasteiger partial charge in [-0.1, -0.05) is 74.1 Å². The van der Waals surface area contributed by atoms with Crippen molar-refractivity contribution in [2.45, 2.75) is 25.5 Å². The van der Waals surface area contributed by atoms with Gasteiger partial charge in [0.05, 0.1) is 6.54 Å². The minimum atomic E-state index is -0.170. The molecule has 6 heteroatoms. The van der Waals surface area contributed by atoms with E-state index in [1.807, 2.05) is 11.8 Å². The first-order valence-corrected chi connectivity index (χ1v) is 13.4. The SMILES string of the molecule is CC(C)C1CN=C(S2=NC(Cc3ccc(-c4ccc5ccccc5c4)cc3P)=NC2)S1. The minimum absolute atomic E-state index is 0.170. The molecule has 3 aromatic carbocycles. The maximum atomic E-state index is 4.93. The lowest BCUT2D eigenvalue weighted by Gasteiger charge is -2.11. The highest BCUT2D eigenvalue weighted by molar-refractivity contribution is 8.34. The molecule has 2 aliphatic heterocycles. The highest BCUT2D eigenvalue weighted by atomic mass is 32.2. The Hall–Kier alpha value is -1.81. The topological polar surface area (TPSA) is 37.1 Å². The first-order valence-electron chi connectivity index (χ1n) is 10.6. The fourth-order valence-corrected chi connectivity index (χ4v) is 7.23. The first kappa shape index (κ1) is 21.1. The summed E-state index contributed by atoms with van der Waals surface area (Å²) >= 11 is 1.92. The average Bonchev–Trinajstić information content (AvgIpc) is 3.44. The highest BCUT2D eigenvalue weighted by Crippen LogP contribution is 2.30. The standard InChI is InChI=1S/C25H26N3PS2/c1-16(2)23-14-26-25(30-23)31-15-27-24(28-31)13-21-10-9-20(12-22(21)29)19-8-7-17-5-3-4-6-18(17)11-19/h3-12,16,23H,13-15,29H2,1-2H3. The zero-order valence-electron chi connectivity index (χ0n) is 17.8. The molecule has 0 saturated carbocycles. The fraction of sp³-hybridized carbons (Fsp3) is 0.280. The number of hydrogen-bond donors (Lipinski definition) is 0. The van der Waals surface area contributed by atoms with E-state index in [1.54, 1.807) is 0 Å². The van der Waals surface area contributed by atoms with Crippen LogP contribution in [0.5, 0.6) is 0 Å². The van der Waals surface area contributed by atoms with Gasteiger partial charge in [-0.3, -0.25) is 9.98 Å². The van der Waals surface area contributed by atoms with Gasteiger partial charge in [-0.2, -0.15) is 0 Å². The van der Waals surface area contributed by atoms with Gasteiger partial charge in [0.1, 0.15) is 16.1 Å². The largest absolute Gasteiger partial charge is 0.270 e. The van der Waals surface area contributed by atoms with Crippen LogP contribution in [-0.4, -0.2) is 27.9 Å². The van der Waals surface area contributed by atoms with Crippen molar-refractivity contribution >= 4 is 58.0 Å². The van der Waals surface area contributed by atoms with Gasteiger partial charge in [-0.15, -0.1) is 9.24 Å². The van der Waals surface area contributed by atoms with Crippen LogP contribution in [-0.2, 0) is 17.1 Å². The molecule has 0 saturated heterocycles. The summed E-state index contributed by atoms with van der Waals surface area (Å²) in [4.78, 5) is 9.51. The van der Waals surface area contributed by atoms with E-state index >= 15 is 0 Å². The molecule has 5 rings (SSSR count). The van der Waals surface area contributed by atoms with E-state index in [0.29, 0.717) is 11.2 Å². The maximum absolute atomic E-state index is 4.93. The predicted octanol–water partition coefficient (Wildman–Crippen LogP) is 5.85. The molecular formula is C25H26N3PS2. The van der Waals surface area contributed by atoms with Gasteiger partial charge in [0.25, 0.3) is 0 Å². The van der Waals surface area contributed by atoms with Crippen molar-refractivity contribution in [3.8, 4) is 11.1 Å². The number of nitrogens with zero attached hydrogens (tertiary/aromatic N) is 3. The van der Waals surface area contributed by atoms with Gasteiger partial charge in [-0.25, -0.2) is 4.36 Å². The molecule has 0 bridgehead atoms. The monoisotopic (exact) mass is 463 g/mol. The van der Waals surface area contributed by atoms with E-state index in [0.717, 1.165) is 24.7 Å². The summed E-state index contributed by atoms with van der Waals surface area (Å²) in [6.45, 7) is 5.47. The normalized spacial score (nSPS) is 20.8. The lowest BCUT2D eigenvalue weighted by Crippen LogP contribution is -2.12. The van der Waals surface area contributed by atoms with Crippen molar-refractivity contribution in [1.29, 1.82) is 0 Å². The Morgan fingerprint density at radius 2 is 1.77 bits per heavy atom. The van der Waals surface area contributed by atoms with E-state index in [4.69, 9.17) is 14.3 Å². The Labute approximate surface area is 193 Å². The fourth-order valence-electron chi connectivity index (χ4n) is 3.82. The second-order valence-electron chi connectivity index (χ2n) is 8.32. The smallest absolute Gasteiger partial charge is 0.138 e. The molecule has 0 amide bonds. The molecule has 3 aromatic rings. The molecule has 3 nitrogen and oxygen atoms in total. The number of hydrogen-bond acceptors (Lipinski definition) is 4. The van der Waals surface area contributed by atoms with Crippen molar-refractivity contribution < 1.29 is 0 Å². The van der Waals surface area contributed by atoms with Crippen molar-refractivity contribution in [3.05, 3.63) is 66.2 Å². The number of rotatable bonds is 4. The van der Waals surface area contributed by atoms with Gasteiger partial charge in [0.2, 0.25) is 0 Å². The molecule has 0 aromatic heterocycles. The molecule has 0 radical (unpaired) electrons. The number of aliphatic imine (C=N–C) groups is 2. The van der Waals surface area contributed by atoms with Crippen molar-refractivity contribution in [1.82, 2.24) is 0 Å². The van der Waals surface area contributed by atoms with E-state index < -0.39 is 0 Å². The zero-order chi connectivity index (χ0) is 21.4. The number of fused-ring (bicyclic) bond motifs is 1. The molecule has 2 heterocycles. The Kier molecular flexibility index (Phi) is 6.10. The van der Waals surface area contributed by atoms with E-state index in [2.05, 4.69) is 83.8 Å². The van der Waals surface area contributed by atoms with Gasteiger partial charge < -0.3 is 0 Å². The zero-order valence-corrected chi connectivity index (χ0v) is 20.6. The lowest BCUT2D eigenvalue weighted by molar-refractivity contribution is 0.621. The van der Waals surface area contributed by atoms with E-state index in [1.165, 1.54) is 37.1 Å². The molecule has 0 N–H and O–H groups in total. The molecule has 3 unspecified atom stereocenters. The number of benzene rings is 3. The summed E-state index contributed by atoms with van der Waals surface area (Å²) in [5.74, 6) is 2.38. The molecule has 31 heavy (non-hydrogen) atoms. The van der Waals surface area contributed by atoms with Crippen LogP contribution in [0.15, 0.2) is 75.0 Å². The third-order valence-electron chi connectivity index (χ3n) is 5.76. The van der Waals surface area contributed by atoms with Crippen LogP contribution in [0.2, 0.25) is 0 Å². The Balaban J connectivity index is 1.31. The summed E-state index contributed by atoms with van der Waals surface area (Å²) in [6, 6.07) is 21.9. The molecule has 0 spiro atoms. The van der Waals surface area contributed by atoms with Gasteiger partial charge in [0, 0.05) is 11.7 Å². The number of amidine groups is 1. The highest BCUT2D eigenvalue weighted by Gasteiger charge is 2.26. The Bertz CT molecular complexity index is 1250. The maximum Gasteiger partial charge on any atom is 0.138 e. The third kappa shape index (κ3) is 4.55. The second kappa shape index (κ2) is 8.97. The molecule has 3 atom stereocenters. The minimum Gasteiger partial charge on any atom is -0.270 e. The van der Waals surface area contributed by atoms with Crippen LogP contribution in [0.25, 0.3) is 21.9 Å². The summed E-state index contributed by atoms with van der Waals surface area (Å²) in [5, 5.41) is 4.36. The first-order chi connectivity index (χ1) is 15.1. The molecule has 0 fully saturated rings. The Morgan fingerprint density at radius 1 is 1.00 bits per heavy atom. The summed E-state index contributed by atoms with van der Waals surface area (Å²) in [7, 11) is 2.73. The molecule has 0 aliphatic carbocycles. The van der Waals surface area contributed by atoms with Gasteiger partial charge in [-0.05, 0) is 61.5 Å². The van der Waals surface area contributed by atoms with Gasteiger partial charge >= 0.3 is 0 Å². The van der Waals surface area contributed by atoms with Gasteiger partial charge in [0.15, 0.2) is 0 Å². The van der Waals surface area contributed by atoms with Crippen molar-refractivity contribution in [2.24, 2.45) is 20.3 Å². The summed E-state index contributed by atoms with van der Waals surface area (Å²) in [6.07, 6.45) is 0.784. The van der Waals surface area contributed by atoms with Crippen LogP contribution in [0.4, 0.5) is 0 Å². The summed E-state index contributed by atoms with van der Waals surface area (Å²) in [5.41, 5.74) is 3.75. The van der Waals surface area contributed by atoms with Crippen LogP contribution >= 0.6 is 21.0 Å². The number of thioether (sulfide) groups is 1. The summed E-state index contributed by atoms with van der Waals surface area (Å²) < 4.78 is 6.14. The Morgan fingerprint density at radius 3 is 2.55 bits per heavy atom. The predicted molar refractivity (Wildman–Crippen MR) is 143 cm³/mol. The van der Waals surface area contributed by atoms with Crippen molar-refractivity contribution in [2.75, 3.05) is 12.4 Å². The molecular weight excluding hydrogens is 437 g/mol. The third-order valence-corrected chi connectivity index (χ3v) is 9.83.